The molecule has 1 unspecified atom stereocenters. The van der Waals surface area contributed by atoms with Gasteiger partial charge in [0.1, 0.15) is 0 Å². The monoisotopic (exact) mass is 332 g/mol. The maximum absolute atomic E-state index is 12.0. The average molecular weight is 332 g/mol. The van der Waals surface area contributed by atoms with Crippen LogP contribution in [0.15, 0.2) is 18.2 Å². The van der Waals surface area contributed by atoms with E-state index in [1.807, 2.05) is 0 Å². The Morgan fingerprint density at radius 2 is 1.82 bits per heavy atom. The highest BCUT2D eigenvalue weighted by Gasteiger charge is 2.22. The van der Waals surface area contributed by atoms with Crippen LogP contribution in [0.5, 0.6) is 11.5 Å². The third-order valence-corrected chi connectivity index (χ3v) is 4.76. The molecule has 1 aromatic rings. The number of hydrogen-bond acceptors (Lipinski definition) is 5. The summed E-state index contributed by atoms with van der Waals surface area (Å²) in [6, 6.07) is 4.74. The molecule has 0 fully saturated rings. The van der Waals surface area contributed by atoms with Crippen LogP contribution in [0.4, 0.5) is 0 Å². The van der Waals surface area contributed by atoms with Crippen molar-refractivity contribution in [1.82, 2.24) is 9.03 Å². The normalized spacial score (nSPS) is 13.5. The molecular weight excluding hydrogens is 308 g/mol. The summed E-state index contributed by atoms with van der Waals surface area (Å²) in [5.74, 6) is 1.02. The Bertz CT molecular complexity index is 589. The first kappa shape index (κ1) is 18.7. The second-order valence-electron chi connectivity index (χ2n) is 5.19. The SMILES string of the molecule is COc1ccc(C(O)CN(C)S(=O)(=O)NC(C)C)cc1OC. The average Bonchev–Trinajstić information content (AvgIpc) is 2.44. The van der Waals surface area contributed by atoms with E-state index in [2.05, 4.69) is 4.72 Å². The minimum Gasteiger partial charge on any atom is -0.493 e. The zero-order chi connectivity index (χ0) is 16.9. The zero-order valence-corrected chi connectivity index (χ0v) is 14.3. The molecule has 22 heavy (non-hydrogen) atoms. The Kier molecular flexibility index (Phi) is 6.61. The van der Waals surface area contributed by atoms with Crippen LogP contribution >= 0.6 is 0 Å². The number of ether oxygens (including phenoxy) is 2. The van der Waals surface area contributed by atoms with Gasteiger partial charge >= 0.3 is 0 Å². The standard InChI is InChI=1S/C14H24N2O5S/c1-10(2)15-22(18,19)16(3)9-12(17)11-6-7-13(20-4)14(8-11)21-5/h6-8,10,12,15,17H,9H2,1-5H3. The van der Waals surface area contributed by atoms with Gasteiger partial charge in [0.25, 0.3) is 10.2 Å². The van der Waals surface area contributed by atoms with Crippen LogP contribution in [-0.4, -0.2) is 51.7 Å². The van der Waals surface area contributed by atoms with Gasteiger partial charge in [-0.2, -0.15) is 17.4 Å². The second kappa shape index (κ2) is 7.77. The molecule has 8 heteroatoms. The predicted molar refractivity (Wildman–Crippen MR) is 84.3 cm³/mol. The van der Waals surface area contributed by atoms with Gasteiger partial charge in [-0.25, -0.2) is 0 Å². The Hall–Kier alpha value is -1.35. The molecule has 1 rings (SSSR count). The first-order valence-corrected chi connectivity index (χ1v) is 8.28. The third-order valence-electron chi connectivity index (χ3n) is 3.02. The van der Waals surface area contributed by atoms with E-state index in [9.17, 15) is 13.5 Å². The summed E-state index contributed by atoms with van der Waals surface area (Å²) in [5, 5.41) is 10.2. The van der Waals surface area contributed by atoms with Gasteiger partial charge in [-0.05, 0) is 31.5 Å². The summed E-state index contributed by atoms with van der Waals surface area (Å²) in [6.07, 6.45) is -0.978. The molecule has 0 aliphatic heterocycles. The Morgan fingerprint density at radius 1 is 1.23 bits per heavy atom. The zero-order valence-electron chi connectivity index (χ0n) is 13.5. The Morgan fingerprint density at radius 3 is 2.32 bits per heavy atom. The van der Waals surface area contributed by atoms with Gasteiger partial charge in [0.15, 0.2) is 11.5 Å². The summed E-state index contributed by atoms with van der Waals surface area (Å²) in [7, 11) is 0.805. The predicted octanol–water partition coefficient (Wildman–Crippen LogP) is 0.912. The van der Waals surface area contributed by atoms with Crippen molar-refractivity contribution in [2.45, 2.75) is 26.0 Å². The number of methoxy groups -OCH3 is 2. The Labute approximate surface area is 132 Å². The smallest absolute Gasteiger partial charge is 0.279 e. The van der Waals surface area contributed by atoms with Crippen LogP contribution in [0.1, 0.15) is 25.5 Å². The second-order valence-corrected chi connectivity index (χ2v) is 7.00. The number of aliphatic hydroxyl groups excluding tert-OH is 1. The van der Waals surface area contributed by atoms with Gasteiger partial charge in [-0.15, -0.1) is 0 Å². The molecule has 0 heterocycles. The molecule has 1 aromatic carbocycles. The molecule has 0 saturated heterocycles. The van der Waals surface area contributed by atoms with E-state index in [0.29, 0.717) is 17.1 Å². The third kappa shape index (κ3) is 4.84. The lowest BCUT2D eigenvalue weighted by molar-refractivity contribution is 0.154. The molecule has 0 amide bonds. The minimum atomic E-state index is -3.62. The lowest BCUT2D eigenvalue weighted by Crippen LogP contribution is -2.43. The van der Waals surface area contributed by atoms with Gasteiger partial charge in [-0.3, -0.25) is 0 Å². The molecule has 0 spiro atoms. The fraction of sp³-hybridized carbons (Fsp3) is 0.571. The van der Waals surface area contributed by atoms with Crippen LogP contribution in [0.3, 0.4) is 0 Å². The number of nitrogens with zero attached hydrogens (tertiary/aromatic N) is 1. The molecule has 0 radical (unpaired) electrons. The van der Waals surface area contributed by atoms with E-state index in [0.717, 1.165) is 4.31 Å². The van der Waals surface area contributed by atoms with Crippen LogP contribution in [0.25, 0.3) is 0 Å². The van der Waals surface area contributed by atoms with E-state index in [4.69, 9.17) is 9.47 Å². The van der Waals surface area contributed by atoms with Gasteiger partial charge < -0.3 is 14.6 Å². The summed E-state index contributed by atoms with van der Waals surface area (Å²) < 4.78 is 37.8. The molecule has 126 valence electrons. The quantitative estimate of drug-likeness (QED) is 0.739. The highest BCUT2D eigenvalue weighted by Crippen LogP contribution is 2.30. The summed E-state index contributed by atoms with van der Waals surface area (Å²) in [4.78, 5) is 0. The number of likely N-dealkylation sites (N-methyl/N-ethyl adjacent to an activating group) is 1. The van der Waals surface area contributed by atoms with Crippen molar-refractivity contribution in [2.75, 3.05) is 27.8 Å². The molecule has 0 bridgehead atoms. The molecular formula is C14H24N2O5S. The van der Waals surface area contributed by atoms with Gasteiger partial charge in [0, 0.05) is 19.6 Å². The molecule has 0 aliphatic carbocycles. The van der Waals surface area contributed by atoms with Crippen molar-refractivity contribution in [3.8, 4) is 11.5 Å². The molecule has 0 saturated carbocycles. The van der Waals surface area contributed by atoms with Crippen molar-refractivity contribution >= 4 is 10.2 Å². The lowest BCUT2D eigenvalue weighted by atomic mass is 10.1. The van der Waals surface area contributed by atoms with E-state index in [-0.39, 0.29) is 12.6 Å². The van der Waals surface area contributed by atoms with E-state index in [1.165, 1.54) is 21.3 Å². The summed E-state index contributed by atoms with van der Waals surface area (Å²) in [5.41, 5.74) is 0.546. The van der Waals surface area contributed by atoms with Gasteiger partial charge in [0.2, 0.25) is 0 Å². The molecule has 1 atom stereocenters. The van der Waals surface area contributed by atoms with Crippen LogP contribution < -0.4 is 14.2 Å². The van der Waals surface area contributed by atoms with Crippen molar-refractivity contribution in [2.24, 2.45) is 0 Å². The van der Waals surface area contributed by atoms with Gasteiger partial charge in [-0.1, -0.05) is 6.07 Å². The molecule has 0 aliphatic rings. The molecule has 7 nitrogen and oxygen atoms in total. The van der Waals surface area contributed by atoms with Crippen molar-refractivity contribution in [3.63, 3.8) is 0 Å². The largest absolute Gasteiger partial charge is 0.493 e. The van der Waals surface area contributed by atoms with Crippen molar-refractivity contribution < 1.29 is 23.0 Å². The number of rotatable bonds is 8. The van der Waals surface area contributed by atoms with Crippen molar-refractivity contribution in [3.05, 3.63) is 23.8 Å². The topological polar surface area (TPSA) is 88.1 Å². The summed E-state index contributed by atoms with van der Waals surface area (Å²) in [6.45, 7) is 3.39. The Balaban J connectivity index is 2.87. The lowest BCUT2D eigenvalue weighted by Gasteiger charge is -2.22. The molecule has 0 aromatic heterocycles. The highest BCUT2D eigenvalue weighted by atomic mass is 32.2. The van der Waals surface area contributed by atoms with Crippen LogP contribution in [-0.2, 0) is 10.2 Å². The fourth-order valence-electron chi connectivity index (χ4n) is 1.89. The number of aliphatic hydroxyl groups is 1. The van der Waals surface area contributed by atoms with Crippen LogP contribution in [0.2, 0.25) is 0 Å². The molecule has 2 N–H and O–H groups in total. The van der Waals surface area contributed by atoms with E-state index >= 15 is 0 Å². The maximum Gasteiger partial charge on any atom is 0.279 e. The highest BCUT2D eigenvalue weighted by molar-refractivity contribution is 7.87. The number of hydrogen-bond donors (Lipinski definition) is 2. The van der Waals surface area contributed by atoms with Gasteiger partial charge in [0.05, 0.1) is 20.3 Å². The number of nitrogens with one attached hydrogen (secondary N) is 1. The van der Waals surface area contributed by atoms with Crippen molar-refractivity contribution in [1.29, 1.82) is 0 Å². The first-order chi connectivity index (χ1) is 10.2. The maximum atomic E-state index is 12.0. The van der Waals surface area contributed by atoms with E-state index in [1.54, 1.807) is 32.0 Å². The van der Waals surface area contributed by atoms with E-state index < -0.39 is 16.3 Å². The number of benzene rings is 1. The fourth-order valence-corrected chi connectivity index (χ4v) is 3.01. The first-order valence-electron chi connectivity index (χ1n) is 6.84. The van der Waals surface area contributed by atoms with Crippen LogP contribution in [0, 0.1) is 0 Å². The minimum absolute atomic E-state index is 0.0719. The summed E-state index contributed by atoms with van der Waals surface area (Å²) >= 11 is 0.